The maximum absolute atomic E-state index is 6.02. The molecule has 1 fully saturated rings. The molecule has 0 amide bonds. The van der Waals surface area contributed by atoms with Crippen LogP contribution in [0, 0.1) is 6.92 Å². The maximum atomic E-state index is 6.02. The number of hydrogen-bond acceptors (Lipinski definition) is 6. The first-order chi connectivity index (χ1) is 11.3. The Balaban J connectivity index is 1.32. The smallest absolute Gasteiger partial charge is 0.217 e. The summed E-state index contributed by atoms with van der Waals surface area (Å²) in [7, 11) is 0. The highest BCUT2D eigenvalue weighted by atomic mass is 16.5. The van der Waals surface area contributed by atoms with Crippen LogP contribution in [-0.4, -0.2) is 43.7 Å². The highest BCUT2D eigenvalue weighted by Crippen LogP contribution is 2.19. The van der Waals surface area contributed by atoms with E-state index >= 15 is 0 Å². The zero-order valence-corrected chi connectivity index (χ0v) is 13.1. The minimum Gasteiger partial charge on any atom is -0.474 e. The average Bonchev–Trinajstić information content (AvgIpc) is 3.17. The fraction of sp³-hybridized carbons (Fsp3) is 0.438. The summed E-state index contributed by atoms with van der Waals surface area (Å²) in [4.78, 5) is 11.2. The Kier molecular flexibility index (Phi) is 3.70. The summed E-state index contributed by atoms with van der Waals surface area (Å²) in [6.07, 6.45) is 7.54. The number of ether oxygens (including phenoxy) is 1. The molecule has 3 aromatic heterocycles. The monoisotopic (exact) mass is 313 g/mol. The third kappa shape index (κ3) is 3.19. The van der Waals surface area contributed by atoms with E-state index < -0.39 is 0 Å². The van der Waals surface area contributed by atoms with Crippen LogP contribution in [0.3, 0.4) is 0 Å². The van der Waals surface area contributed by atoms with Gasteiger partial charge in [-0.3, -0.25) is 4.90 Å². The van der Waals surface area contributed by atoms with Gasteiger partial charge in [0.2, 0.25) is 5.88 Å². The van der Waals surface area contributed by atoms with Gasteiger partial charge in [0.25, 0.3) is 0 Å². The summed E-state index contributed by atoms with van der Waals surface area (Å²) >= 11 is 0. The van der Waals surface area contributed by atoms with Gasteiger partial charge >= 0.3 is 0 Å². The molecule has 4 rings (SSSR count). The van der Waals surface area contributed by atoms with Crippen molar-refractivity contribution < 1.29 is 9.15 Å². The molecule has 0 spiro atoms. The van der Waals surface area contributed by atoms with E-state index in [4.69, 9.17) is 9.15 Å². The van der Waals surface area contributed by atoms with Crippen LogP contribution in [0.1, 0.15) is 24.4 Å². The quantitative estimate of drug-likeness (QED) is 0.734. The molecule has 1 aliphatic rings. The molecule has 0 N–H and O–H groups in total. The molecule has 0 aromatic carbocycles. The lowest BCUT2D eigenvalue weighted by Gasteiger charge is -2.31. The first-order valence-corrected chi connectivity index (χ1v) is 7.87. The topological polar surface area (TPSA) is 68.7 Å². The molecule has 1 aliphatic heterocycles. The van der Waals surface area contributed by atoms with E-state index in [0.717, 1.165) is 49.7 Å². The molecule has 0 unspecified atom stereocenters. The Labute approximate surface area is 133 Å². The Morgan fingerprint density at radius 2 is 2.13 bits per heavy atom. The Morgan fingerprint density at radius 1 is 1.26 bits per heavy atom. The molecular weight excluding hydrogens is 294 g/mol. The van der Waals surface area contributed by atoms with E-state index in [-0.39, 0.29) is 6.10 Å². The number of oxazole rings is 1. The van der Waals surface area contributed by atoms with Gasteiger partial charge in [-0.25, -0.2) is 9.50 Å². The van der Waals surface area contributed by atoms with Crippen molar-refractivity contribution in [3.05, 3.63) is 42.4 Å². The molecule has 0 atom stereocenters. The van der Waals surface area contributed by atoms with Gasteiger partial charge in [0.15, 0.2) is 11.5 Å². The Bertz CT molecular complexity index is 788. The maximum Gasteiger partial charge on any atom is 0.217 e. The first kappa shape index (κ1) is 14.2. The van der Waals surface area contributed by atoms with Crippen LogP contribution in [-0.2, 0) is 6.54 Å². The lowest BCUT2D eigenvalue weighted by Crippen LogP contribution is -2.38. The van der Waals surface area contributed by atoms with Gasteiger partial charge in [-0.15, -0.1) is 0 Å². The predicted octanol–water partition coefficient (Wildman–Crippen LogP) is 2.07. The van der Waals surface area contributed by atoms with E-state index in [9.17, 15) is 0 Å². The zero-order chi connectivity index (χ0) is 15.6. The van der Waals surface area contributed by atoms with Crippen molar-refractivity contribution in [2.45, 2.75) is 32.4 Å². The van der Waals surface area contributed by atoms with Crippen molar-refractivity contribution in [2.75, 3.05) is 13.1 Å². The van der Waals surface area contributed by atoms with Crippen LogP contribution >= 0.6 is 0 Å². The number of piperidine rings is 1. The zero-order valence-electron chi connectivity index (χ0n) is 13.1. The lowest BCUT2D eigenvalue weighted by atomic mass is 10.1. The summed E-state index contributed by atoms with van der Waals surface area (Å²) in [5.74, 6) is 1.39. The standard InChI is InChI=1S/C16H19N5O2/c1-12-18-13(11-22-12)10-20-7-3-14(4-8-20)23-16-5-9-21-15(19-16)2-6-17-21/h2,5-6,9,11,14H,3-4,7-8,10H2,1H3. The molecule has 1 saturated heterocycles. The van der Waals surface area contributed by atoms with Gasteiger partial charge in [-0.1, -0.05) is 0 Å². The number of nitrogens with zero attached hydrogens (tertiary/aromatic N) is 5. The minimum absolute atomic E-state index is 0.211. The van der Waals surface area contributed by atoms with Crippen LogP contribution in [0.2, 0.25) is 0 Å². The van der Waals surface area contributed by atoms with Crippen LogP contribution in [0.4, 0.5) is 0 Å². The number of aryl methyl sites for hydroxylation is 1. The summed E-state index contributed by atoms with van der Waals surface area (Å²) in [6, 6.07) is 3.74. The van der Waals surface area contributed by atoms with Crippen LogP contribution in [0.15, 0.2) is 35.2 Å². The van der Waals surface area contributed by atoms with Gasteiger partial charge in [-0.2, -0.15) is 10.1 Å². The lowest BCUT2D eigenvalue weighted by molar-refractivity contribution is 0.0927. The summed E-state index contributed by atoms with van der Waals surface area (Å²) in [5, 5.41) is 4.14. The van der Waals surface area contributed by atoms with Crippen molar-refractivity contribution in [1.82, 2.24) is 24.5 Å². The molecule has 23 heavy (non-hydrogen) atoms. The highest BCUT2D eigenvalue weighted by Gasteiger charge is 2.21. The second-order valence-corrected chi connectivity index (χ2v) is 5.85. The second-order valence-electron chi connectivity index (χ2n) is 5.85. The van der Waals surface area contributed by atoms with Crippen LogP contribution < -0.4 is 4.74 Å². The molecule has 0 radical (unpaired) electrons. The molecule has 0 saturated carbocycles. The molecule has 7 nitrogen and oxygen atoms in total. The van der Waals surface area contributed by atoms with Crippen molar-refractivity contribution in [2.24, 2.45) is 0 Å². The summed E-state index contributed by atoms with van der Waals surface area (Å²) in [5.41, 5.74) is 1.80. The SMILES string of the molecule is Cc1nc(CN2CCC(Oc3ccn4nccc4n3)CC2)co1. The van der Waals surface area contributed by atoms with Crippen molar-refractivity contribution >= 4 is 5.65 Å². The molecule has 0 aliphatic carbocycles. The minimum atomic E-state index is 0.211. The average molecular weight is 313 g/mol. The largest absolute Gasteiger partial charge is 0.474 e. The number of likely N-dealkylation sites (tertiary alicyclic amines) is 1. The normalized spacial score (nSPS) is 16.9. The molecular formula is C16H19N5O2. The molecule has 4 heterocycles. The van der Waals surface area contributed by atoms with Crippen molar-refractivity contribution in [1.29, 1.82) is 0 Å². The van der Waals surface area contributed by atoms with E-state index in [1.807, 2.05) is 25.3 Å². The van der Waals surface area contributed by atoms with Gasteiger partial charge in [0, 0.05) is 44.9 Å². The molecule has 7 heteroatoms. The first-order valence-electron chi connectivity index (χ1n) is 7.87. The number of aromatic nitrogens is 4. The van der Waals surface area contributed by atoms with Crippen molar-refractivity contribution in [3.8, 4) is 5.88 Å². The predicted molar refractivity (Wildman–Crippen MR) is 83.2 cm³/mol. The van der Waals surface area contributed by atoms with Gasteiger partial charge < -0.3 is 9.15 Å². The summed E-state index contributed by atoms with van der Waals surface area (Å²) in [6.45, 7) is 4.69. The van der Waals surface area contributed by atoms with E-state index in [1.54, 1.807) is 17.0 Å². The highest BCUT2D eigenvalue weighted by molar-refractivity contribution is 5.37. The van der Waals surface area contributed by atoms with Gasteiger partial charge in [0.05, 0.1) is 11.9 Å². The second kappa shape index (κ2) is 6.00. The van der Waals surface area contributed by atoms with E-state index in [1.165, 1.54) is 0 Å². The molecule has 0 bridgehead atoms. The van der Waals surface area contributed by atoms with Crippen LogP contribution in [0.5, 0.6) is 5.88 Å². The fourth-order valence-electron chi connectivity index (χ4n) is 2.93. The molecule has 3 aromatic rings. The van der Waals surface area contributed by atoms with Gasteiger partial charge in [0.1, 0.15) is 12.4 Å². The van der Waals surface area contributed by atoms with E-state index in [0.29, 0.717) is 5.88 Å². The van der Waals surface area contributed by atoms with Crippen LogP contribution in [0.25, 0.3) is 5.65 Å². The third-order valence-corrected chi connectivity index (χ3v) is 4.11. The third-order valence-electron chi connectivity index (χ3n) is 4.11. The summed E-state index contributed by atoms with van der Waals surface area (Å²) < 4.78 is 13.0. The van der Waals surface area contributed by atoms with E-state index in [2.05, 4.69) is 20.0 Å². The number of rotatable bonds is 4. The number of hydrogen-bond donors (Lipinski definition) is 0. The van der Waals surface area contributed by atoms with Crippen molar-refractivity contribution in [3.63, 3.8) is 0 Å². The Hall–Kier alpha value is -2.41. The molecule has 120 valence electrons. The Morgan fingerprint density at radius 3 is 2.91 bits per heavy atom. The number of fused-ring (bicyclic) bond motifs is 1. The van der Waals surface area contributed by atoms with Gasteiger partial charge in [-0.05, 0) is 12.8 Å². The fourth-order valence-corrected chi connectivity index (χ4v) is 2.93.